The van der Waals surface area contributed by atoms with Crippen LogP contribution in [0.4, 0.5) is 10.2 Å². The molecule has 2 heterocycles. The van der Waals surface area contributed by atoms with Crippen LogP contribution in [-0.2, 0) is 9.53 Å². The molecule has 0 aliphatic rings. The molecule has 0 fully saturated rings. The second-order valence-electron chi connectivity index (χ2n) is 6.33. The Morgan fingerprint density at radius 2 is 1.93 bits per heavy atom. The summed E-state index contributed by atoms with van der Waals surface area (Å²) >= 11 is 1.50. The van der Waals surface area contributed by atoms with Gasteiger partial charge in [0, 0.05) is 24.0 Å². The number of anilines is 1. The first kappa shape index (κ1) is 19.2. The van der Waals surface area contributed by atoms with E-state index in [0.717, 1.165) is 27.9 Å². The molecule has 0 radical (unpaired) electrons. The third-order valence-electron chi connectivity index (χ3n) is 4.17. The lowest BCUT2D eigenvalue weighted by molar-refractivity contribution is -0.138. The number of benzene rings is 1. The van der Waals surface area contributed by atoms with Gasteiger partial charge in [-0.1, -0.05) is 12.1 Å². The molecular weight excluding hydrogens is 367 g/mol. The van der Waals surface area contributed by atoms with Crippen molar-refractivity contribution in [2.45, 2.75) is 0 Å². The number of rotatable bonds is 7. The highest BCUT2D eigenvalue weighted by atomic mass is 32.1. The number of halogens is 1. The van der Waals surface area contributed by atoms with E-state index in [0.29, 0.717) is 12.4 Å². The summed E-state index contributed by atoms with van der Waals surface area (Å²) in [6, 6.07) is 6.33. The molecular formula is C19H21FN4O2S. The average Bonchev–Trinajstić information content (AvgIpc) is 3.09. The Balaban J connectivity index is 2.08. The molecule has 1 aromatic carbocycles. The molecule has 2 aromatic heterocycles. The number of hydrogen-bond acceptors (Lipinski definition) is 7. The van der Waals surface area contributed by atoms with E-state index in [1.807, 2.05) is 29.3 Å². The number of ether oxygens (including phenoxy) is 1. The highest BCUT2D eigenvalue weighted by Crippen LogP contribution is 2.37. The number of aromatic nitrogens is 2. The van der Waals surface area contributed by atoms with Gasteiger partial charge in [-0.05, 0) is 31.8 Å². The van der Waals surface area contributed by atoms with Crippen molar-refractivity contribution in [1.29, 1.82) is 0 Å². The minimum Gasteiger partial charge on any atom is -0.468 e. The van der Waals surface area contributed by atoms with Crippen molar-refractivity contribution < 1.29 is 13.9 Å². The van der Waals surface area contributed by atoms with Crippen LogP contribution in [0.25, 0.3) is 21.3 Å². The summed E-state index contributed by atoms with van der Waals surface area (Å²) < 4.78 is 18.2. The molecule has 6 nitrogen and oxygen atoms in total. The maximum Gasteiger partial charge on any atom is 0.325 e. The minimum absolute atomic E-state index is 0.0924. The molecule has 27 heavy (non-hydrogen) atoms. The van der Waals surface area contributed by atoms with Crippen molar-refractivity contribution in [3.8, 4) is 11.1 Å². The second kappa shape index (κ2) is 8.41. The molecule has 3 aromatic rings. The number of carbonyl (C=O) groups is 1. The van der Waals surface area contributed by atoms with Crippen LogP contribution in [-0.4, -0.2) is 61.7 Å². The molecule has 0 bridgehead atoms. The molecule has 0 saturated carbocycles. The second-order valence-corrected chi connectivity index (χ2v) is 7.19. The van der Waals surface area contributed by atoms with Crippen LogP contribution in [0.1, 0.15) is 0 Å². The maximum atomic E-state index is 13.3. The fourth-order valence-corrected chi connectivity index (χ4v) is 3.65. The normalized spacial score (nSPS) is 11.1. The zero-order valence-electron chi connectivity index (χ0n) is 15.5. The lowest BCUT2D eigenvalue weighted by atomic mass is 10.1. The third kappa shape index (κ3) is 4.40. The smallest absolute Gasteiger partial charge is 0.325 e. The predicted octanol–water partition coefficient (Wildman–Crippen LogP) is 3.04. The molecule has 0 amide bonds. The Hall–Kier alpha value is -2.58. The van der Waals surface area contributed by atoms with Crippen molar-refractivity contribution in [3.63, 3.8) is 0 Å². The summed E-state index contributed by atoms with van der Waals surface area (Å²) in [6.45, 7) is 1.45. The molecule has 0 saturated heterocycles. The number of nitrogens with zero attached hydrogens (tertiary/aromatic N) is 4. The Morgan fingerprint density at radius 3 is 2.59 bits per heavy atom. The van der Waals surface area contributed by atoms with Crippen LogP contribution in [0.2, 0.25) is 0 Å². The van der Waals surface area contributed by atoms with E-state index < -0.39 is 0 Å². The van der Waals surface area contributed by atoms with Crippen LogP contribution < -0.4 is 4.90 Å². The fraction of sp³-hybridized carbons (Fsp3) is 0.316. The number of carbonyl (C=O) groups excluding carboxylic acids is 1. The van der Waals surface area contributed by atoms with Gasteiger partial charge in [0.25, 0.3) is 0 Å². The van der Waals surface area contributed by atoms with Gasteiger partial charge in [-0.15, -0.1) is 11.3 Å². The number of likely N-dealkylation sites (N-methyl/N-ethyl adjacent to an activating group) is 1. The molecule has 8 heteroatoms. The van der Waals surface area contributed by atoms with E-state index in [2.05, 4.69) is 9.97 Å². The van der Waals surface area contributed by atoms with Gasteiger partial charge in [0.15, 0.2) is 0 Å². The standard InChI is InChI=1S/C19H21FN4O2S/c1-23(2)8-9-24(10-16(25)26-3)18-17-15(11-27-19(17)22-12-21-18)13-4-6-14(20)7-5-13/h4-7,11-12H,8-10H2,1-3H3. The Kier molecular flexibility index (Phi) is 5.98. The molecule has 0 N–H and O–H groups in total. The van der Waals surface area contributed by atoms with Gasteiger partial charge in [-0.2, -0.15) is 0 Å². The van der Waals surface area contributed by atoms with Gasteiger partial charge in [-0.25, -0.2) is 14.4 Å². The van der Waals surface area contributed by atoms with E-state index in [9.17, 15) is 9.18 Å². The Labute approximate surface area is 161 Å². The Morgan fingerprint density at radius 1 is 1.19 bits per heavy atom. The van der Waals surface area contributed by atoms with Crippen LogP contribution in [0, 0.1) is 5.82 Å². The van der Waals surface area contributed by atoms with Crippen molar-refractivity contribution >= 4 is 33.3 Å². The van der Waals surface area contributed by atoms with Crippen LogP contribution in [0.3, 0.4) is 0 Å². The van der Waals surface area contributed by atoms with E-state index in [1.165, 1.54) is 36.9 Å². The minimum atomic E-state index is -0.334. The van der Waals surface area contributed by atoms with Gasteiger partial charge < -0.3 is 14.5 Å². The van der Waals surface area contributed by atoms with E-state index in [-0.39, 0.29) is 18.3 Å². The van der Waals surface area contributed by atoms with Gasteiger partial charge in [0.2, 0.25) is 0 Å². The van der Waals surface area contributed by atoms with Crippen molar-refractivity contribution in [3.05, 3.63) is 41.8 Å². The number of thiophene rings is 1. The summed E-state index contributed by atoms with van der Waals surface area (Å²) in [5.41, 5.74) is 1.80. The van der Waals surface area contributed by atoms with Crippen molar-refractivity contribution in [2.75, 3.05) is 45.7 Å². The molecule has 0 atom stereocenters. The number of hydrogen-bond donors (Lipinski definition) is 0. The topological polar surface area (TPSA) is 58.6 Å². The van der Waals surface area contributed by atoms with Crippen LogP contribution >= 0.6 is 11.3 Å². The molecule has 0 unspecified atom stereocenters. The van der Waals surface area contributed by atoms with Crippen molar-refractivity contribution in [2.24, 2.45) is 0 Å². The molecule has 142 valence electrons. The maximum absolute atomic E-state index is 13.3. The monoisotopic (exact) mass is 388 g/mol. The van der Waals surface area contributed by atoms with E-state index >= 15 is 0 Å². The zero-order valence-corrected chi connectivity index (χ0v) is 16.3. The molecule has 0 spiro atoms. The van der Waals surface area contributed by atoms with Crippen LogP contribution in [0.15, 0.2) is 36.0 Å². The highest BCUT2D eigenvalue weighted by Gasteiger charge is 2.20. The lowest BCUT2D eigenvalue weighted by Gasteiger charge is -2.25. The summed E-state index contributed by atoms with van der Waals surface area (Å²) in [7, 11) is 5.32. The van der Waals surface area contributed by atoms with E-state index in [4.69, 9.17) is 4.74 Å². The number of esters is 1. The average molecular weight is 388 g/mol. The summed E-state index contributed by atoms with van der Waals surface area (Å²) in [4.78, 5) is 25.5. The Bertz CT molecular complexity index is 927. The SMILES string of the molecule is COC(=O)CN(CCN(C)C)c1ncnc2scc(-c3ccc(F)cc3)c12. The van der Waals surface area contributed by atoms with Gasteiger partial charge in [0.05, 0.1) is 12.5 Å². The van der Waals surface area contributed by atoms with Gasteiger partial charge in [-0.3, -0.25) is 4.79 Å². The number of methoxy groups -OCH3 is 1. The van der Waals surface area contributed by atoms with E-state index in [1.54, 1.807) is 12.1 Å². The largest absolute Gasteiger partial charge is 0.468 e. The first-order valence-electron chi connectivity index (χ1n) is 8.44. The lowest BCUT2D eigenvalue weighted by Crippen LogP contribution is -2.36. The van der Waals surface area contributed by atoms with Gasteiger partial charge in [0.1, 0.15) is 29.3 Å². The summed E-state index contributed by atoms with van der Waals surface area (Å²) in [5.74, 6) is 0.0555. The van der Waals surface area contributed by atoms with Gasteiger partial charge >= 0.3 is 5.97 Å². The third-order valence-corrected chi connectivity index (χ3v) is 5.06. The van der Waals surface area contributed by atoms with Crippen molar-refractivity contribution in [1.82, 2.24) is 14.9 Å². The quantitative estimate of drug-likeness (QED) is 0.580. The highest BCUT2D eigenvalue weighted by molar-refractivity contribution is 7.17. The summed E-state index contributed by atoms with van der Waals surface area (Å²) in [5, 5.41) is 2.84. The van der Waals surface area contributed by atoms with Crippen LogP contribution in [0.5, 0.6) is 0 Å². The summed E-state index contributed by atoms with van der Waals surface area (Å²) in [6.07, 6.45) is 1.50. The zero-order chi connectivity index (χ0) is 19.4. The first-order chi connectivity index (χ1) is 13.0. The predicted molar refractivity (Wildman–Crippen MR) is 106 cm³/mol. The molecule has 0 aliphatic heterocycles. The molecule has 0 aliphatic carbocycles. The number of fused-ring (bicyclic) bond motifs is 1. The fourth-order valence-electron chi connectivity index (χ4n) is 2.74. The first-order valence-corrected chi connectivity index (χ1v) is 9.32. The molecule has 3 rings (SSSR count).